The van der Waals surface area contributed by atoms with Gasteiger partial charge < -0.3 is 10.6 Å². The highest BCUT2D eigenvalue weighted by Crippen LogP contribution is 2.21. The lowest BCUT2D eigenvalue weighted by Gasteiger charge is -2.18. The SMILES string of the molecule is CN=C(NCc1nc(-c2ccccc2)cs1)NC(C)Cc1c(C)nn(C)c1C.I. The van der Waals surface area contributed by atoms with Gasteiger partial charge in [-0.2, -0.15) is 5.10 Å². The number of aromatic nitrogens is 3. The molecule has 29 heavy (non-hydrogen) atoms. The molecule has 0 saturated carbocycles. The number of thiazole rings is 1. The van der Waals surface area contributed by atoms with Crippen LogP contribution in [0.5, 0.6) is 0 Å². The second-order valence-corrected chi connectivity index (χ2v) is 7.88. The largest absolute Gasteiger partial charge is 0.354 e. The summed E-state index contributed by atoms with van der Waals surface area (Å²) in [6, 6.07) is 10.5. The number of nitrogens with zero attached hydrogens (tertiary/aromatic N) is 4. The van der Waals surface area contributed by atoms with Crippen molar-refractivity contribution in [2.45, 2.75) is 39.8 Å². The molecule has 0 saturated heterocycles. The molecule has 0 spiro atoms. The monoisotopic (exact) mass is 524 g/mol. The number of nitrogens with one attached hydrogen (secondary N) is 2. The van der Waals surface area contributed by atoms with Gasteiger partial charge in [-0.15, -0.1) is 35.3 Å². The Morgan fingerprint density at radius 1 is 1.24 bits per heavy atom. The maximum absolute atomic E-state index is 4.72. The third kappa shape index (κ3) is 6.02. The Kier molecular flexibility index (Phi) is 8.63. The van der Waals surface area contributed by atoms with E-state index in [1.165, 1.54) is 11.3 Å². The smallest absolute Gasteiger partial charge is 0.191 e. The number of aryl methyl sites for hydroxylation is 2. The first kappa shape index (κ1) is 23.3. The fourth-order valence-electron chi connectivity index (χ4n) is 3.19. The van der Waals surface area contributed by atoms with E-state index >= 15 is 0 Å². The van der Waals surface area contributed by atoms with Gasteiger partial charge in [-0.25, -0.2) is 4.98 Å². The number of hydrogen-bond donors (Lipinski definition) is 2. The van der Waals surface area contributed by atoms with Crippen LogP contribution in [0.1, 0.15) is 28.9 Å². The highest BCUT2D eigenvalue weighted by molar-refractivity contribution is 14.0. The lowest BCUT2D eigenvalue weighted by molar-refractivity contribution is 0.635. The first-order valence-corrected chi connectivity index (χ1v) is 10.3. The molecule has 0 amide bonds. The second kappa shape index (κ2) is 10.7. The number of hydrogen-bond acceptors (Lipinski definition) is 4. The fourth-order valence-corrected chi connectivity index (χ4v) is 3.93. The van der Waals surface area contributed by atoms with Crippen LogP contribution in [-0.2, 0) is 20.0 Å². The molecule has 0 radical (unpaired) electrons. The molecule has 3 aromatic rings. The minimum Gasteiger partial charge on any atom is -0.354 e. The zero-order valence-electron chi connectivity index (χ0n) is 17.6. The molecule has 2 N–H and O–H groups in total. The van der Waals surface area contributed by atoms with Crippen molar-refractivity contribution in [1.82, 2.24) is 25.4 Å². The highest BCUT2D eigenvalue weighted by atomic mass is 127. The second-order valence-electron chi connectivity index (χ2n) is 6.94. The number of aliphatic imine (C=N–C) groups is 1. The minimum absolute atomic E-state index is 0. The van der Waals surface area contributed by atoms with Crippen molar-refractivity contribution in [3.63, 3.8) is 0 Å². The maximum Gasteiger partial charge on any atom is 0.191 e. The number of halogens is 1. The Bertz CT molecular complexity index is 947. The molecule has 0 bridgehead atoms. The van der Waals surface area contributed by atoms with E-state index in [0.717, 1.165) is 34.3 Å². The third-order valence-corrected chi connectivity index (χ3v) is 5.65. The van der Waals surface area contributed by atoms with Crippen molar-refractivity contribution in [2.24, 2.45) is 12.0 Å². The maximum atomic E-state index is 4.72. The van der Waals surface area contributed by atoms with E-state index in [-0.39, 0.29) is 30.0 Å². The Morgan fingerprint density at radius 2 is 1.97 bits per heavy atom. The summed E-state index contributed by atoms with van der Waals surface area (Å²) >= 11 is 1.66. The molecule has 0 aliphatic heterocycles. The molecular weight excluding hydrogens is 495 g/mol. The minimum atomic E-state index is 0. The van der Waals surface area contributed by atoms with E-state index in [9.17, 15) is 0 Å². The van der Waals surface area contributed by atoms with E-state index in [4.69, 9.17) is 4.98 Å². The molecule has 1 atom stereocenters. The van der Waals surface area contributed by atoms with Crippen LogP contribution >= 0.6 is 35.3 Å². The molecule has 2 aromatic heterocycles. The van der Waals surface area contributed by atoms with Gasteiger partial charge in [0.2, 0.25) is 0 Å². The third-order valence-electron chi connectivity index (χ3n) is 4.80. The Hall–Kier alpha value is -1.94. The van der Waals surface area contributed by atoms with Crippen LogP contribution in [0.3, 0.4) is 0 Å². The predicted octanol–water partition coefficient (Wildman–Crippen LogP) is 4.07. The lowest BCUT2D eigenvalue weighted by atomic mass is 10.1. The Morgan fingerprint density at radius 3 is 2.59 bits per heavy atom. The standard InChI is InChI=1S/C21H28N6S.HI/c1-14(11-18-15(2)26-27(5)16(18)3)24-21(22-4)23-12-20-25-19(13-28-20)17-9-7-6-8-10-17;/h6-10,13-14H,11-12H2,1-5H3,(H2,22,23,24);1H. The zero-order chi connectivity index (χ0) is 20.1. The Labute approximate surface area is 193 Å². The van der Waals surface area contributed by atoms with Crippen molar-refractivity contribution in [3.05, 3.63) is 57.7 Å². The van der Waals surface area contributed by atoms with Gasteiger partial charge in [0.15, 0.2) is 5.96 Å². The summed E-state index contributed by atoms with van der Waals surface area (Å²) in [5, 5.41) is 14.5. The van der Waals surface area contributed by atoms with Crippen molar-refractivity contribution in [1.29, 1.82) is 0 Å². The van der Waals surface area contributed by atoms with Crippen LogP contribution < -0.4 is 10.6 Å². The van der Waals surface area contributed by atoms with E-state index in [0.29, 0.717) is 6.54 Å². The summed E-state index contributed by atoms with van der Waals surface area (Å²) in [7, 11) is 3.78. The first-order chi connectivity index (χ1) is 13.5. The summed E-state index contributed by atoms with van der Waals surface area (Å²) in [4.78, 5) is 9.07. The van der Waals surface area contributed by atoms with Crippen molar-refractivity contribution in [3.8, 4) is 11.3 Å². The molecular formula is C21H29IN6S. The summed E-state index contributed by atoms with van der Waals surface area (Å²) in [5.74, 6) is 0.781. The average molecular weight is 524 g/mol. The summed E-state index contributed by atoms with van der Waals surface area (Å²) in [5.41, 5.74) is 5.76. The van der Waals surface area contributed by atoms with E-state index in [2.05, 4.69) is 59.0 Å². The van der Waals surface area contributed by atoms with Gasteiger partial charge in [0, 0.05) is 36.8 Å². The molecule has 0 aliphatic carbocycles. The molecule has 156 valence electrons. The van der Waals surface area contributed by atoms with E-state index < -0.39 is 0 Å². The van der Waals surface area contributed by atoms with Crippen LogP contribution in [0.25, 0.3) is 11.3 Å². The molecule has 6 nitrogen and oxygen atoms in total. The average Bonchev–Trinajstić information content (AvgIpc) is 3.26. The van der Waals surface area contributed by atoms with E-state index in [1.54, 1.807) is 18.4 Å². The van der Waals surface area contributed by atoms with Gasteiger partial charge in [-0.1, -0.05) is 30.3 Å². The molecule has 3 rings (SSSR count). The molecule has 1 unspecified atom stereocenters. The van der Waals surface area contributed by atoms with Gasteiger partial charge >= 0.3 is 0 Å². The van der Waals surface area contributed by atoms with Gasteiger partial charge in [0.1, 0.15) is 5.01 Å². The van der Waals surface area contributed by atoms with Crippen LogP contribution in [0.4, 0.5) is 0 Å². The van der Waals surface area contributed by atoms with Crippen LogP contribution in [0, 0.1) is 13.8 Å². The van der Waals surface area contributed by atoms with Gasteiger partial charge in [0.25, 0.3) is 0 Å². The lowest BCUT2D eigenvalue weighted by Crippen LogP contribution is -2.42. The van der Waals surface area contributed by atoms with Crippen LogP contribution in [-0.4, -0.2) is 33.8 Å². The molecule has 2 heterocycles. The highest BCUT2D eigenvalue weighted by Gasteiger charge is 2.14. The number of guanidine groups is 1. The van der Waals surface area contributed by atoms with Gasteiger partial charge in [0.05, 0.1) is 17.9 Å². The molecule has 0 aliphatic rings. The topological polar surface area (TPSA) is 67.1 Å². The van der Waals surface area contributed by atoms with Crippen molar-refractivity contribution in [2.75, 3.05) is 7.05 Å². The van der Waals surface area contributed by atoms with Gasteiger partial charge in [-0.3, -0.25) is 9.67 Å². The quantitative estimate of drug-likeness (QED) is 0.290. The molecule has 0 fully saturated rings. The van der Waals surface area contributed by atoms with Crippen molar-refractivity contribution >= 4 is 41.3 Å². The predicted molar refractivity (Wildman–Crippen MR) is 132 cm³/mol. The number of benzene rings is 1. The molecule has 8 heteroatoms. The van der Waals surface area contributed by atoms with E-state index in [1.807, 2.05) is 29.9 Å². The first-order valence-electron chi connectivity index (χ1n) is 9.44. The van der Waals surface area contributed by atoms with Crippen molar-refractivity contribution < 1.29 is 0 Å². The van der Waals surface area contributed by atoms with Gasteiger partial charge in [-0.05, 0) is 32.8 Å². The van der Waals surface area contributed by atoms with Crippen LogP contribution in [0.15, 0.2) is 40.7 Å². The zero-order valence-corrected chi connectivity index (χ0v) is 20.7. The summed E-state index contributed by atoms with van der Waals surface area (Å²) < 4.78 is 1.94. The summed E-state index contributed by atoms with van der Waals surface area (Å²) in [6.07, 6.45) is 0.904. The number of rotatable bonds is 6. The normalized spacial score (nSPS) is 12.4. The van der Waals surface area contributed by atoms with Crippen LogP contribution in [0.2, 0.25) is 0 Å². The Balaban J connectivity index is 0.00000300. The fraction of sp³-hybridized carbons (Fsp3) is 0.381. The summed E-state index contributed by atoms with van der Waals surface area (Å²) in [6.45, 7) is 6.99. The molecule has 1 aromatic carbocycles.